The summed E-state index contributed by atoms with van der Waals surface area (Å²) >= 11 is 0. The number of hydrogen-bond donors (Lipinski definition) is 1. The first kappa shape index (κ1) is 20.1. The Balaban J connectivity index is 1.60. The molecular weight excluding hydrogens is 380 g/mol. The molecule has 3 heterocycles. The van der Waals surface area contributed by atoms with Crippen molar-refractivity contribution < 1.29 is 14.3 Å². The molecule has 3 aromatic rings. The maximum absolute atomic E-state index is 12.7. The van der Waals surface area contributed by atoms with Gasteiger partial charge in [0.15, 0.2) is 0 Å². The van der Waals surface area contributed by atoms with E-state index in [9.17, 15) is 4.79 Å². The van der Waals surface area contributed by atoms with E-state index in [0.717, 1.165) is 16.7 Å². The molecule has 1 aromatic carbocycles. The van der Waals surface area contributed by atoms with E-state index in [1.807, 2.05) is 37.3 Å². The Morgan fingerprint density at radius 3 is 2.77 bits per heavy atom. The van der Waals surface area contributed by atoms with Crippen molar-refractivity contribution in [3.63, 3.8) is 0 Å². The summed E-state index contributed by atoms with van der Waals surface area (Å²) in [4.78, 5) is 23.9. The highest BCUT2D eigenvalue weighted by molar-refractivity contribution is 5.89. The smallest absolute Gasteiger partial charge is 0.312 e. The van der Waals surface area contributed by atoms with Crippen molar-refractivity contribution in [3.8, 4) is 5.88 Å². The number of benzene rings is 1. The predicted octanol–water partition coefficient (Wildman–Crippen LogP) is 2.80. The number of methoxy groups -OCH3 is 1. The van der Waals surface area contributed by atoms with Crippen molar-refractivity contribution in [2.24, 2.45) is 5.92 Å². The molecule has 7 nitrogen and oxygen atoms in total. The van der Waals surface area contributed by atoms with Gasteiger partial charge in [-0.05, 0) is 24.6 Å². The molecule has 1 aliphatic heterocycles. The fourth-order valence-electron chi connectivity index (χ4n) is 3.90. The summed E-state index contributed by atoms with van der Waals surface area (Å²) in [5, 5.41) is 3.55. The summed E-state index contributed by atoms with van der Waals surface area (Å²) < 4.78 is 10.7. The number of carbonyl (C=O) groups is 1. The maximum atomic E-state index is 12.7. The van der Waals surface area contributed by atoms with E-state index in [-0.39, 0.29) is 17.9 Å². The molecule has 156 valence electrons. The average Bonchev–Trinajstić information content (AvgIpc) is 3.22. The molecule has 0 bridgehead atoms. The van der Waals surface area contributed by atoms with Crippen LogP contribution in [0.25, 0.3) is 11.0 Å². The number of nitrogens with zero attached hydrogens (tertiary/aromatic N) is 3. The number of pyridine rings is 2. The zero-order valence-electron chi connectivity index (χ0n) is 17.2. The van der Waals surface area contributed by atoms with E-state index in [1.54, 1.807) is 19.4 Å². The van der Waals surface area contributed by atoms with Gasteiger partial charge in [-0.15, -0.1) is 0 Å². The van der Waals surface area contributed by atoms with Crippen molar-refractivity contribution in [1.82, 2.24) is 15.3 Å². The first-order chi connectivity index (χ1) is 14.7. The fourth-order valence-corrected chi connectivity index (χ4v) is 3.90. The molecule has 7 heteroatoms. The summed E-state index contributed by atoms with van der Waals surface area (Å²) in [6, 6.07) is 15.8. The molecule has 2 aromatic heterocycles. The van der Waals surface area contributed by atoms with Gasteiger partial charge in [-0.2, -0.15) is 0 Å². The minimum Gasteiger partial charge on any atom is -0.481 e. The monoisotopic (exact) mass is 406 g/mol. The van der Waals surface area contributed by atoms with Gasteiger partial charge in [0.1, 0.15) is 5.52 Å². The number of ether oxygens (including phenoxy) is 2. The van der Waals surface area contributed by atoms with Crippen LogP contribution in [-0.4, -0.2) is 48.8 Å². The predicted molar refractivity (Wildman–Crippen MR) is 115 cm³/mol. The van der Waals surface area contributed by atoms with E-state index in [4.69, 9.17) is 9.47 Å². The Bertz CT molecular complexity index is 1010. The van der Waals surface area contributed by atoms with Crippen LogP contribution in [0, 0.1) is 5.92 Å². The molecule has 0 saturated carbocycles. The molecule has 1 saturated heterocycles. The van der Waals surface area contributed by atoms with Crippen LogP contribution >= 0.6 is 0 Å². The van der Waals surface area contributed by atoms with E-state index >= 15 is 0 Å². The van der Waals surface area contributed by atoms with Crippen LogP contribution in [0.5, 0.6) is 5.88 Å². The Morgan fingerprint density at radius 2 is 2.00 bits per heavy atom. The van der Waals surface area contributed by atoms with Crippen LogP contribution in [0.15, 0.2) is 54.7 Å². The molecule has 1 fully saturated rings. The number of carbonyl (C=O) groups excluding carboxylic acids is 1. The highest BCUT2D eigenvalue weighted by Gasteiger charge is 2.39. The Kier molecular flexibility index (Phi) is 6.09. The number of esters is 1. The first-order valence-corrected chi connectivity index (χ1v) is 10.2. The second-order valence-electron chi connectivity index (χ2n) is 7.29. The van der Waals surface area contributed by atoms with E-state index in [0.29, 0.717) is 32.1 Å². The van der Waals surface area contributed by atoms with E-state index < -0.39 is 0 Å². The lowest BCUT2D eigenvalue weighted by Gasteiger charge is -2.20. The number of rotatable bonds is 7. The molecule has 30 heavy (non-hydrogen) atoms. The highest BCUT2D eigenvalue weighted by atomic mass is 16.5. The van der Waals surface area contributed by atoms with Crippen molar-refractivity contribution >= 4 is 22.7 Å². The normalized spacial score (nSPS) is 18.5. The topological polar surface area (TPSA) is 76.6 Å². The van der Waals surface area contributed by atoms with Gasteiger partial charge in [-0.3, -0.25) is 9.78 Å². The van der Waals surface area contributed by atoms with Gasteiger partial charge >= 0.3 is 5.97 Å². The van der Waals surface area contributed by atoms with Gasteiger partial charge in [-0.1, -0.05) is 30.3 Å². The second-order valence-corrected chi connectivity index (χ2v) is 7.29. The van der Waals surface area contributed by atoms with E-state index in [2.05, 4.69) is 32.3 Å². The van der Waals surface area contributed by atoms with Gasteiger partial charge in [0, 0.05) is 37.9 Å². The largest absolute Gasteiger partial charge is 0.481 e. The molecule has 2 atom stereocenters. The van der Waals surface area contributed by atoms with Crippen molar-refractivity contribution in [1.29, 1.82) is 0 Å². The third-order valence-corrected chi connectivity index (χ3v) is 5.41. The van der Waals surface area contributed by atoms with Crippen molar-refractivity contribution in [2.75, 3.05) is 31.7 Å². The summed E-state index contributed by atoms with van der Waals surface area (Å²) in [7, 11) is 1.60. The van der Waals surface area contributed by atoms with Crippen LogP contribution in [0.3, 0.4) is 0 Å². The molecule has 4 rings (SSSR count). The van der Waals surface area contributed by atoms with Gasteiger partial charge in [0.05, 0.1) is 30.8 Å². The zero-order valence-corrected chi connectivity index (χ0v) is 17.2. The number of anilines is 1. The second kappa shape index (κ2) is 9.09. The third kappa shape index (κ3) is 4.21. The molecule has 0 amide bonds. The Labute approximate surface area is 176 Å². The third-order valence-electron chi connectivity index (χ3n) is 5.41. The van der Waals surface area contributed by atoms with Gasteiger partial charge in [0.25, 0.3) is 0 Å². The van der Waals surface area contributed by atoms with Crippen molar-refractivity contribution in [3.05, 3.63) is 60.3 Å². The Morgan fingerprint density at radius 1 is 1.17 bits per heavy atom. The Hall–Kier alpha value is -3.19. The van der Waals surface area contributed by atoms with Crippen LogP contribution < -0.4 is 15.0 Å². The molecule has 0 spiro atoms. The maximum Gasteiger partial charge on any atom is 0.312 e. The minimum absolute atomic E-state index is 0.0296. The summed E-state index contributed by atoms with van der Waals surface area (Å²) in [6.07, 6.45) is 1.77. The number of fused-ring (bicyclic) bond motifs is 1. The molecular formula is C23H26N4O3. The fraction of sp³-hybridized carbons (Fsp3) is 0.348. The van der Waals surface area contributed by atoms with Crippen LogP contribution in [-0.2, 0) is 16.1 Å². The summed E-state index contributed by atoms with van der Waals surface area (Å²) in [5.74, 6) is 0.105. The average molecular weight is 406 g/mol. The summed E-state index contributed by atoms with van der Waals surface area (Å²) in [5.41, 5.74) is 3.68. The molecule has 0 aliphatic carbocycles. The number of nitrogens with one attached hydrogen (secondary N) is 1. The first-order valence-electron chi connectivity index (χ1n) is 10.2. The molecule has 1 aliphatic rings. The van der Waals surface area contributed by atoms with Crippen LogP contribution in [0.4, 0.5) is 5.69 Å². The number of hydrogen-bond acceptors (Lipinski definition) is 7. The van der Waals surface area contributed by atoms with Gasteiger partial charge in [-0.25, -0.2) is 4.98 Å². The highest BCUT2D eigenvalue weighted by Crippen LogP contribution is 2.31. The van der Waals surface area contributed by atoms with Gasteiger partial charge in [0.2, 0.25) is 5.88 Å². The zero-order chi connectivity index (χ0) is 20.9. The van der Waals surface area contributed by atoms with Gasteiger partial charge < -0.3 is 19.7 Å². The summed E-state index contributed by atoms with van der Waals surface area (Å²) in [6.45, 7) is 4.14. The SMILES string of the molecule is CCOC(=O)C1CN(c2ccnc3ccc(OC)nc23)CC1NCc1ccccc1. The lowest BCUT2D eigenvalue weighted by molar-refractivity contribution is -0.147. The molecule has 2 unspecified atom stereocenters. The van der Waals surface area contributed by atoms with Crippen molar-refractivity contribution in [2.45, 2.75) is 19.5 Å². The molecule has 0 radical (unpaired) electrons. The quantitative estimate of drug-likeness (QED) is 0.605. The lowest BCUT2D eigenvalue weighted by Crippen LogP contribution is -2.39. The molecule has 1 N–H and O–H groups in total. The minimum atomic E-state index is -0.262. The number of aromatic nitrogens is 2. The van der Waals surface area contributed by atoms with Crippen LogP contribution in [0.2, 0.25) is 0 Å². The lowest BCUT2D eigenvalue weighted by atomic mass is 10.0. The van der Waals surface area contributed by atoms with E-state index in [1.165, 1.54) is 5.56 Å². The van der Waals surface area contributed by atoms with Crippen LogP contribution in [0.1, 0.15) is 12.5 Å². The standard InChI is InChI=1S/C23H26N4O3/c1-3-30-23(28)17-14-27(15-19(17)25-13-16-7-5-4-6-8-16)20-11-12-24-18-9-10-21(29-2)26-22(18)20/h4-12,17,19,25H,3,13-15H2,1-2H3.